The Kier molecular flexibility index (Phi) is 4.61. The maximum atomic E-state index is 12.8. The number of Topliss-reactive ketones (excluding diaryl/α,β-unsaturated/α-hetero) is 1. The van der Waals surface area contributed by atoms with E-state index >= 15 is 0 Å². The van der Waals surface area contributed by atoms with Crippen molar-refractivity contribution in [3.63, 3.8) is 0 Å². The number of sulfonamides is 1. The third kappa shape index (κ3) is 3.29. The summed E-state index contributed by atoms with van der Waals surface area (Å²) in [4.78, 5) is 36.2. The van der Waals surface area contributed by atoms with E-state index in [4.69, 9.17) is 0 Å². The maximum absolute atomic E-state index is 12.8. The second kappa shape index (κ2) is 6.57. The first-order valence-electron chi connectivity index (χ1n) is 8.02. The Balaban J connectivity index is 1.73. The number of nitrogens with one attached hydrogen (secondary N) is 1. The molecule has 8 nitrogen and oxygen atoms in total. The van der Waals surface area contributed by atoms with Crippen molar-refractivity contribution < 1.29 is 22.8 Å². The highest BCUT2D eigenvalue weighted by Crippen LogP contribution is 2.25. The van der Waals surface area contributed by atoms with E-state index in [1.54, 1.807) is 12.1 Å². The Bertz CT molecular complexity index is 812. The molecule has 0 aliphatic carbocycles. The number of piperidine rings is 1. The average molecular weight is 365 g/mol. The zero-order chi connectivity index (χ0) is 18.2. The maximum Gasteiger partial charge on any atom is 0.324 e. The molecule has 2 saturated heterocycles. The molecule has 134 valence electrons. The van der Waals surface area contributed by atoms with E-state index in [1.165, 1.54) is 28.3 Å². The van der Waals surface area contributed by atoms with Gasteiger partial charge in [0.15, 0.2) is 5.78 Å². The zero-order valence-corrected chi connectivity index (χ0v) is 14.6. The van der Waals surface area contributed by atoms with Crippen LogP contribution < -0.4 is 5.32 Å². The topological polar surface area (TPSA) is 104 Å². The molecular formula is C16H19N3O5S. The Morgan fingerprint density at radius 3 is 2.44 bits per heavy atom. The summed E-state index contributed by atoms with van der Waals surface area (Å²) in [5.74, 6) is -0.477. The molecule has 0 bridgehead atoms. The molecule has 2 heterocycles. The van der Waals surface area contributed by atoms with Crippen molar-refractivity contribution >= 4 is 27.7 Å². The summed E-state index contributed by atoms with van der Waals surface area (Å²) in [6.45, 7) is 1.81. The minimum Gasteiger partial charge on any atom is -0.329 e. The Hall–Kier alpha value is -2.26. The van der Waals surface area contributed by atoms with Crippen molar-refractivity contribution in [1.82, 2.24) is 14.5 Å². The van der Waals surface area contributed by atoms with E-state index < -0.39 is 16.1 Å². The molecule has 0 atom stereocenters. The van der Waals surface area contributed by atoms with Crippen LogP contribution in [-0.2, 0) is 14.8 Å². The molecule has 0 aromatic heterocycles. The van der Waals surface area contributed by atoms with E-state index in [2.05, 4.69) is 5.32 Å². The fourth-order valence-electron chi connectivity index (χ4n) is 3.17. The fraction of sp³-hybridized carbons (Fsp3) is 0.438. The van der Waals surface area contributed by atoms with Gasteiger partial charge in [0.05, 0.1) is 11.4 Å². The van der Waals surface area contributed by atoms with E-state index in [0.717, 1.165) is 0 Å². The lowest BCUT2D eigenvalue weighted by Crippen LogP contribution is -2.48. The summed E-state index contributed by atoms with van der Waals surface area (Å²) in [6, 6.07) is 5.26. The number of imide groups is 1. The molecule has 0 unspecified atom stereocenters. The Morgan fingerprint density at radius 2 is 1.88 bits per heavy atom. The van der Waals surface area contributed by atoms with Gasteiger partial charge in [-0.15, -0.1) is 0 Å². The number of benzene rings is 1. The van der Waals surface area contributed by atoms with E-state index in [1.807, 2.05) is 0 Å². The van der Waals surface area contributed by atoms with Gasteiger partial charge in [-0.1, -0.05) is 12.1 Å². The van der Waals surface area contributed by atoms with Crippen LogP contribution in [0.25, 0.3) is 0 Å². The molecule has 3 amide bonds. The van der Waals surface area contributed by atoms with Crippen molar-refractivity contribution in [2.45, 2.75) is 30.7 Å². The number of carbonyl (C=O) groups is 3. The number of ketones is 1. The number of rotatable bonds is 4. The predicted octanol–water partition coefficient (Wildman–Crippen LogP) is 0.594. The summed E-state index contributed by atoms with van der Waals surface area (Å²) in [5.41, 5.74) is 0.343. The first-order chi connectivity index (χ1) is 11.8. The fourth-order valence-corrected chi connectivity index (χ4v) is 4.69. The molecule has 0 saturated carbocycles. The largest absolute Gasteiger partial charge is 0.329 e. The van der Waals surface area contributed by atoms with Crippen LogP contribution >= 0.6 is 0 Å². The highest BCUT2D eigenvalue weighted by molar-refractivity contribution is 7.89. The van der Waals surface area contributed by atoms with Gasteiger partial charge in [0.2, 0.25) is 15.9 Å². The number of carbonyl (C=O) groups excluding carboxylic acids is 3. The summed E-state index contributed by atoms with van der Waals surface area (Å²) < 4.78 is 26.9. The molecule has 0 spiro atoms. The molecule has 2 fully saturated rings. The minimum atomic E-state index is -3.71. The minimum absolute atomic E-state index is 0.00478. The van der Waals surface area contributed by atoms with Crippen molar-refractivity contribution in [3.8, 4) is 0 Å². The molecule has 9 heteroatoms. The zero-order valence-electron chi connectivity index (χ0n) is 13.8. The summed E-state index contributed by atoms with van der Waals surface area (Å²) in [6.07, 6.45) is 0.787. The van der Waals surface area contributed by atoms with Crippen molar-refractivity contribution in [2.75, 3.05) is 19.6 Å². The van der Waals surface area contributed by atoms with Crippen molar-refractivity contribution in [2.24, 2.45) is 0 Å². The molecule has 1 N–H and O–H groups in total. The number of nitrogens with zero attached hydrogens (tertiary/aromatic N) is 2. The highest BCUT2D eigenvalue weighted by atomic mass is 32.2. The molecule has 2 aliphatic heterocycles. The van der Waals surface area contributed by atoms with Crippen LogP contribution in [0.2, 0.25) is 0 Å². The lowest BCUT2D eigenvalue weighted by atomic mass is 10.1. The van der Waals surface area contributed by atoms with Crippen LogP contribution in [0.1, 0.15) is 30.1 Å². The van der Waals surface area contributed by atoms with Crippen molar-refractivity contribution in [3.05, 3.63) is 29.8 Å². The van der Waals surface area contributed by atoms with Crippen LogP contribution in [-0.4, -0.2) is 61.0 Å². The molecule has 1 aromatic rings. The quantitative estimate of drug-likeness (QED) is 0.621. The number of hydrogen-bond acceptors (Lipinski definition) is 5. The van der Waals surface area contributed by atoms with Gasteiger partial charge in [0.25, 0.3) is 0 Å². The second-order valence-corrected chi connectivity index (χ2v) is 8.08. The van der Waals surface area contributed by atoms with Crippen LogP contribution in [0.15, 0.2) is 29.2 Å². The molecule has 3 rings (SSSR count). The normalized spacial score (nSPS) is 20.0. The van der Waals surface area contributed by atoms with Gasteiger partial charge in [-0.3, -0.25) is 14.5 Å². The van der Waals surface area contributed by atoms with Gasteiger partial charge in [0.1, 0.15) is 0 Å². The average Bonchev–Trinajstić information content (AvgIpc) is 2.93. The van der Waals surface area contributed by atoms with E-state index in [0.29, 0.717) is 18.4 Å². The standard InChI is InChI=1S/C16H19N3O5S/c1-11(20)12-3-2-4-14(9-12)25(23,24)18-7-5-13(6-8-18)19-15(21)10-17-16(19)22/h2-4,9,13H,5-8,10H2,1H3,(H,17,22). The number of amides is 3. The smallest absolute Gasteiger partial charge is 0.324 e. The van der Waals surface area contributed by atoms with Crippen LogP contribution in [0, 0.1) is 0 Å². The number of hydrogen-bond donors (Lipinski definition) is 1. The molecular weight excluding hydrogens is 346 g/mol. The lowest BCUT2D eigenvalue weighted by molar-refractivity contribution is -0.127. The van der Waals surface area contributed by atoms with E-state index in [-0.39, 0.29) is 42.3 Å². The van der Waals surface area contributed by atoms with Gasteiger partial charge in [-0.2, -0.15) is 4.31 Å². The molecule has 25 heavy (non-hydrogen) atoms. The monoisotopic (exact) mass is 365 g/mol. The first kappa shape index (κ1) is 17.6. The lowest BCUT2D eigenvalue weighted by Gasteiger charge is -2.34. The van der Waals surface area contributed by atoms with Gasteiger partial charge >= 0.3 is 6.03 Å². The summed E-state index contributed by atoms with van der Waals surface area (Å²) in [5, 5.41) is 2.47. The summed E-state index contributed by atoms with van der Waals surface area (Å²) >= 11 is 0. The first-order valence-corrected chi connectivity index (χ1v) is 9.46. The third-order valence-electron chi connectivity index (χ3n) is 4.55. The predicted molar refractivity (Wildman–Crippen MR) is 88.5 cm³/mol. The SMILES string of the molecule is CC(=O)c1cccc(S(=O)(=O)N2CCC(N3C(=O)CNC3=O)CC2)c1. The van der Waals surface area contributed by atoms with Crippen LogP contribution in [0.4, 0.5) is 4.79 Å². The van der Waals surface area contributed by atoms with E-state index in [9.17, 15) is 22.8 Å². The van der Waals surface area contributed by atoms with Gasteiger partial charge in [-0.25, -0.2) is 13.2 Å². The Labute approximate surface area is 145 Å². The summed E-state index contributed by atoms with van der Waals surface area (Å²) in [7, 11) is -3.71. The van der Waals surface area contributed by atoms with Crippen LogP contribution in [0.5, 0.6) is 0 Å². The van der Waals surface area contributed by atoms with Gasteiger partial charge in [-0.05, 0) is 31.9 Å². The number of urea groups is 1. The molecule has 0 radical (unpaired) electrons. The molecule has 2 aliphatic rings. The van der Waals surface area contributed by atoms with Gasteiger partial charge < -0.3 is 5.32 Å². The third-order valence-corrected chi connectivity index (χ3v) is 6.44. The highest BCUT2D eigenvalue weighted by Gasteiger charge is 2.38. The van der Waals surface area contributed by atoms with Gasteiger partial charge in [0, 0.05) is 24.7 Å². The Morgan fingerprint density at radius 1 is 1.20 bits per heavy atom. The van der Waals surface area contributed by atoms with Crippen LogP contribution in [0.3, 0.4) is 0 Å². The second-order valence-electron chi connectivity index (χ2n) is 6.14. The molecule has 1 aromatic carbocycles. The van der Waals surface area contributed by atoms with Crippen molar-refractivity contribution in [1.29, 1.82) is 0 Å².